The summed E-state index contributed by atoms with van der Waals surface area (Å²) in [5.41, 5.74) is 2.09. The standard InChI is InChI=1S/C17H20ClN3O2/c1-21-14-3-2-11(18)8-13(14)20-15(21)10-19-16(22)12-9-17(12)4-6-23-7-5-17/h2-3,8,12H,4-7,9-10H2,1H3,(H,19,22). The summed E-state index contributed by atoms with van der Waals surface area (Å²) < 4.78 is 7.41. The van der Waals surface area contributed by atoms with Crippen LogP contribution >= 0.6 is 11.6 Å². The van der Waals surface area contributed by atoms with Gasteiger partial charge in [-0.15, -0.1) is 0 Å². The molecular formula is C17H20ClN3O2. The fourth-order valence-corrected chi connectivity index (χ4v) is 3.89. The van der Waals surface area contributed by atoms with Crippen LogP contribution in [0.1, 0.15) is 25.1 Å². The lowest BCUT2D eigenvalue weighted by molar-refractivity contribution is -0.123. The average Bonchev–Trinajstić information content (AvgIpc) is 3.14. The first-order chi connectivity index (χ1) is 11.1. The minimum absolute atomic E-state index is 0.149. The third kappa shape index (κ3) is 2.62. The van der Waals surface area contributed by atoms with Gasteiger partial charge in [0.2, 0.25) is 5.91 Å². The molecule has 1 saturated heterocycles. The molecule has 2 fully saturated rings. The zero-order chi connectivity index (χ0) is 16.0. The normalized spacial score (nSPS) is 22.4. The van der Waals surface area contributed by atoms with Gasteiger partial charge < -0.3 is 14.6 Å². The third-order valence-corrected chi connectivity index (χ3v) is 5.59. The quantitative estimate of drug-likeness (QED) is 0.939. The van der Waals surface area contributed by atoms with Crippen LogP contribution in [0.4, 0.5) is 0 Å². The molecule has 1 N–H and O–H groups in total. The minimum Gasteiger partial charge on any atom is -0.381 e. The summed E-state index contributed by atoms with van der Waals surface area (Å²) >= 11 is 6.01. The van der Waals surface area contributed by atoms with Crippen molar-refractivity contribution in [3.8, 4) is 0 Å². The number of fused-ring (bicyclic) bond motifs is 1. The van der Waals surface area contributed by atoms with Crippen molar-refractivity contribution in [1.82, 2.24) is 14.9 Å². The molecule has 6 heteroatoms. The maximum Gasteiger partial charge on any atom is 0.224 e. The first-order valence-electron chi connectivity index (χ1n) is 8.05. The Bertz CT molecular complexity index is 765. The summed E-state index contributed by atoms with van der Waals surface area (Å²) in [4.78, 5) is 17.0. The predicted octanol–water partition coefficient (Wildman–Crippen LogP) is 2.66. The van der Waals surface area contributed by atoms with Crippen LogP contribution in [0.15, 0.2) is 18.2 Å². The molecule has 2 heterocycles. The van der Waals surface area contributed by atoms with Gasteiger partial charge in [-0.2, -0.15) is 0 Å². The van der Waals surface area contributed by atoms with Crippen molar-refractivity contribution in [2.75, 3.05) is 13.2 Å². The highest BCUT2D eigenvalue weighted by Gasteiger charge is 2.57. The van der Waals surface area contributed by atoms with Crippen LogP contribution < -0.4 is 5.32 Å². The number of nitrogens with one attached hydrogen (secondary N) is 1. The van der Waals surface area contributed by atoms with E-state index in [0.717, 1.165) is 49.3 Å². The number of amides is 1. The Labute approximate surface area is 140 Å². The van der Waals surface area contributed by atoms with Gasteiger partial charge in [-0.25, -0.2) is 4.98 Å². The second kappa shape index (κ2) is 5.49. The largest absolute Gasteiger partial charge is 0.381 e. The van der Waals surface area contributed by atoms with E-state index in [4.69, 9.17) is 16.3 Å². The molecule has 1 amide bonds. The van der Waals surface area contributed by atoms with Crippen molar-refractivity contribution in [3.05, 3.63) is 29.0 Å². The van der Waals surface area contributed by atoms with E-state index in [1.807, 2.05) is 29.8 Å². The SMILES string of the molecule is Cn1c(CNC(=O)C2CC23CCOCC3)nc2cc(Cl)ccc21. The Morgan fingerprint density at radius 2 is 2.26 bits per heavy atom. The smallest absolute Gasteiger partial charge is 0.224 e. The number of carbonyl (C=O) groups is 1. The van der Waals surface area contributed by atoms with Crippen LogP contribution in [0.5, 0.6) is 0 Å². The molecule has 1 unspecified atom stereocenters. The van der Waals surface area contributed by atoms with Crippen molar-refractivity contribution in [2.45, 2.75) is 25.8 Å². The van der Waals surface area contributed by atoms with Crippen LogP contribution in [0, 0.1) is 11.3 Å². The van der Waals surface area contributed by atoms with Crippen LogP contribution in [0.25, 0.3) is 11.0 Å². The first-order valence-corrected chi connectivity index (χ1v) is 8.43. The maximum atomic E-state index is 12.4. The molecule has 4 rings (SSSR count). The van der Waals surface area contributed by atoms with Crippen LogP contribution in [-0.4, -0.2) is 28.7 Å². The van der Waals surface area contributed by atoms with Crippen molar-refractivity contribution < 1.29 is 9.53 Å². The fourth-order valence-electron chi connectivity index (χ4n) is 3.72. The van der Waals surface area contributed by atoms with E-state index in [-0.39, 0.29) is 17.2 Å². The first kappa shape index (κ1) is 15.0. The monoisotopic (exact) mass is 333 g/mol. The average molecular weight is 334 g/mol. The van der Waals surface area contributed by atoms with Crippen LogP contribution in [0.2, 0.25) is 5.02 Å². The van der Waals surface area contributed by atoms with Crippen molar-refractivity contribution >= 4 is 28.5 Å². The molecule has 1 aromatic heterocycles. The number of carbonyl (C=O) groups excluding carboxylic acids is 1. The van der Waals surface area contributed by atoms with Crippen molar-refractivity contribution in [2.24, 2.45) is 18.4 Å². The van der Waals surface area contributed by atoms with E-state index < -0.39 is 0 Å². The van der Waals surface area contributed by atoms with Crippen LogP contribution in [0.3, 0.4) is 0 Å². The summed E-state index contributed by atoms with van der Waals surface area (Å²) in [5, 5.41) is 3.72. The molecule has 0 bridgehead atoms. The highest BCUT2D eigenvalue weighted by molar-refractivity contribution is 6.31. The van der Waals surface area contributed by atoms with Gasteiger partial charge in [-0.3, -0.25) is 4.79 Å². The summed E-state index contributed by atoms with van der Waals surface area (Å²) in [7, 11) is 1.96. The lowest BCUT2D eigenvalue weighted by atomic mass is 9.93. The third-order valence-electron chi connectivity index (χ3n) is 5.35. The Morgan fingerprint density at radius 3 is 3.04 bits per heavy atom. The molecule has 0 radical (unpaired) electrons. The highest BCUT2D eigenvalue weighted by Crippen LogP contribution is 2.59. The molecule has 1 aromatic carbocycles. The molecule has 1 aliphatic carbocycles. The van der Waals surface area contributed by atoms with Gasteiger partial charge in [-0.05, 0) is 42.9 Å². The number of hydrogen-bond acceptors (Lipinski definition) is 3. The minimum atomic E-state index is 0.149. The van der Waals surface area contributed by atoms with Crippen molar-refractivity contribution in [1.29, 1.82) is 0 Å². The number of ether oxygens (including phenoxy) is 1. The molecule has 2 aliphatic rings. The van der Waals surface area contributed by atoms with E-state index in [1.54, 1.807) is 0 Å². The zero-order valence-corrected chi connectivity index (χ0v) is 13.9. The summed E-state index contributed by atoms with van der Waals surface area (Å²) in [6, 6.07) is 5.65. The van der Waals surface area contributed by atoms with Crippen molar-refractivity contribution in [3.63, 3.8) is 0 Å². The number of aryl methyl sites for hydroxylation is 1. The number of halogens is 1. The lowest BCUT2D eigenvalue weighted by Gasteiger charge is -2.22. The summed E-state index contributed by atoms with van der Waals surface area (Å²) in [6.45, 7) is 2.02. The summed E-state index contributed by atoms with van der Waals surface area (Å²) in [6.07, 6.45) is 3.02. The van der Waals surface area contributed by atoms with Gasteiger partial charge in [0.15, 0.2) is 0 Å². The molecular weight excluding hydrogens is 314 g/mol. The highest BCUT2D eigenvalue weighted by atomic mass is 35.5. The predicted molar refractivity (Wildman–Crippen MR) is 88.2 cm³/mol. The molecule has 23 heavy (non-hydrogen) atoms. The van der Waals surface area contributed by atoms with E-state index in [0.29, 0.717) is 11.6 Å². The lowest BCUT2D eigenvalue weighted by Crippen LogP contribution is -2.30. The maximum absolute atomic E-state index is 12.4. The van der Waals surface area contributed by atoms with E-state index in [2.05, 4.69) is 10.3 Å². The molecule has 1 saturated carbocycles. The van der Waals surface area contributed by atoms with E-state index in [1.165, 1.54) is 0 Å². The number of imidazole rings is 1. The van der Waals surface area contributed by atoms with Gasteiger partial charge in [0, 0.05) is 31.2 Å². The molecule has 5 nitrogen and oxygen atoms in total. The zero-order valence-electron chi connectivity index (χ0n) is 13.1. The van der Waals surface area contributed by atoms with Gasteiger partial charge in [-0.1, -0.05) is 11.6 Å². The Balaban J connectivity index is 1.43. The number of nitrogens with zero attached hydrogens (tertiary/aromatic N) is 2. The van der Waals surface area contributed by atoms with Gasteiger partial charge in [0.05, 0.1) is 17.6 Å². The Hall–Kier alpha value is -1.59. The van der Waals surface area contributed by atoms with E-state index in [9.17, 15) is 4.79 Å². The number of aromatic nitrogens is 2. The number of hydrogen-bond donors (Lipinski definition) is 1. The van der Waals surface area contributed by atoms with Gasteiger partial charge in [0.1, 0.15) is 5.82 Å². The number of rotatable bonds is 3. The van der Waals surface area contributed by atoms with Gasteiger partial charge >= 0.3 is 0 Å². The summed E-state index contributed by atoms with van der Waals surface area (Å²) in [5.74, 6) is 1.14. The topological polar surface area (TPSA) is 56.2 Å². The second-order valence-corrected chi connectivity index (χ2v) is 7.11. The molecule has 122 valence electrons. The Kier molecular flexibility index (Phi) is 3.58. The molecule has 1 aliphatic heterocycles. The van der Waals surface area contributed by atoms with Gasteiger partial charge in [0.25, 0.3) is 0 Å². The molecule has 1 spiro atoms. The Morgan fingerprint density at radius 1 is 1.48 bits per heavy atom. The second-order valence-electron chi connectivity index (χ2n) is 6.67. The van der Waals surface area contributed by atoms with E-state index >= 15 is 0 Å². The molecule has 1 atom stereocenters. The molecule has 2 aromatic rings. The number of benzene rings is 1. The van der Waals surface area contributed by atoms with Crippen LogP contribution in [-0.2, 0) is 23.1 Å². The fraction of sp³-hybridized carbons (Fsp3) is 0.529.